The van der Waals surface area contributed by atoms with Crippen molar-refractivity contribution >= 4 is 22.8 Å². The largest absolute Gasteiger partial charge is 0.332 e. The summed E-state index contributed by atoms with van der Waals surface area (Å²) < 4.78 is 4.41. The number of hydrogen-bond donors (Lipinski definition) is 0. The van der Waals surface area contributed by atoms with E-state index in [1.165, 1.54) is 22.7 Å². The van der Waals surface area contributed by atoms with Gasteiger partial charge in [0.15, 0.2) is 11.2 Å². The topological polar surface area (TPSA) is 68.3 Å². The van der Waals surface area contributed by atoms with Crippen molar-refractivity contribution in [3.8, 4) is 0 Å². The second-order valence-electron chi connectivity index (χ2n) is 9.26. The molecule has 0 aliphatic carbocycles. The first-order chi connectivity index (χ1) is 16.8. The van der Waals surface area contributed by atoms with E-state index in [0.717, 1.165) is 29.2 Å². The van der Waals surface area contributed by atoms with E-state index < -0.39 is 0 Å². The van der Waals surface area contributed by atoms with Gasteiger partial charge in [-0.1, -0.05) is 54.1 Å². The van der Waals surface area contributed by atoms with Crippen LogP contribution < -0.4 is 11.2 Å². The summed E-state index contributed by atoms with van der Waals surface area (Å²) in [4.78, 5) is 34.3. The molecule has 5 rings (SSSR count). The van der Waals surface area contributed by atoms with Crippen LogP contribution in [-0.4, -0.2) is 54.2 Å². The Bertz CT molecular complexity index is 1460. The SMILES string of the molecule is CC1CN(Cn2cnc3c2c(=O)n(C)c(=O)n3C)CCN1C(c1ccccc1)c1ccc(Cl)cc1. The van der Waals surface area contributed by atoms with Gasteiger partial charge in [-0.15, -0.1) is 0 Å². The van der Waals surface area contributed by atoms with Gasteiger partial charge in [0.05, 0.1) is 19.0 Å². The number of nitrogens with zero attached hydrogens (tertiary/aromatic N) is 6. The lowest BCUT2D eigenvalue weighted by atomic mass is 9.95. The standard InChI is InChI=1S/C26H29ClN6O2/c1-18-15-31(17-32-16-28-24-23(32)25(34)30(3)26(35)29(24)2)13-14-33(18)22(19-7-5-4-6-8-19)20-9-11-21(27)12-10-20/h4-12,16,18,22H,13-15,17H2,1-3H3. The maximum Gasteiger partial charge on any atom is 0.332 e. The molecule has 1 aliphatic heterocycles. The molecule has 0 amide bonds. The van der Waals surface area contributed by atoms with E-state index in [0.29, 0.717) is 17.8 Å². The highest BCUT2D eigenvalue weighted by atomic mass is 35.5. The summed E-state index contributed by atoms with van der Waals surface area (Å²) in [6.07, 6.45) is 1.66. The van der Waals surface area contributed by atoms with Crippen LogP contribution in [0.2, 0.25) is 5.02 Å². The minimum Gasteiger partial charge on any atom is -0.311 e. The highest BCUT2D eigenvalue weighted by Gasteiger charge is 2.31. The first kappa shape index (κ1) is 23.5. The highest BCUT2D eigenvalue weighted by molar-refractivity contribution is 6.30. The molecular formula is C26H29ClN6O2. The fourth-order valence-corrected chi connectivity index (χ4v) is 5.26. The summed E-state index contributed by atoms with van der Waals surface area (Å²) in [6, 6.07) is 19.1. The van der Waals surface area contributed by atoms with E-state index in [1.807, 2.05) is 22.8 Å². The minimum atomic E-state index is -0.371. The lowest BCUT2D eigenvalue weighted by Crippen LogP contribution is -2.53. The summed E-state index contributed by atoms with van der Waals surface area (Å²) in [5, 5.41) is 0.731. The fourth-order valence-electron chi connectivity index (χ4n) is 5.13. The second kappa shape index (κ2) is 9.45. The molecular weight excluding hydrogens is 464 g/mol. The lowest BCUT2D eigenvalue weighted by molar-refractivity contribution is 0.0453. The van der Waals surface area contributed by atoms with Crippen molar-refractivity contribution in [1.29, 1.82) is 0 Å². The maximum atomic E-state index is 12.8. The zero-order valence-corrected chi connectivity index (χ0v) is 20.9. The Balaban J connectivity index is 1.40. The molecule has 2 unspecified atom stereocenters. The number of aromatic nitrogens is 4. The van der Waals surface area contributed by atoms with Crippen molar-refractivity contribution in [3.63, 3.8) is 0 Å². The Morgan fingerprint density at radius 2 is 1.66 bits per heavy atom. The smallest absolute Gasteiger partial charge is 0.311 e. The third-order valence-electron chi connectivity index (χ3n) is 6.97. The number of hydrogen-bond acceptors (Lipinski definition) is 5. The molecule has 1 fully saturated rings. The molecule has 0 saturated carbocycles. The summed E-state index contributed by atoms with van der Waals surface area (Å²) in [5.74, 6) is 0. The average molecular weight is 493 g/mol. The number of benzene rings is 2. The molecule has 35 heavy (non-hydrogen) atoms. The highest BCUT2D eigenvalue weighted by Crippen LogP contribution is 2.32. The van der Waals surface area contributed by atoms with Crippen molar-refractivity contribution in [2.24, 2.45) is 14.1 Å². The van der Waals surface area contributed by atoms with Crippen molar-refractivity contribution < 1.29 is 0 Å². The number of halogens is 1. The molecule has 4 aromatic rings. The molecule has 1 saturated heterocycles. The van der Waals surface area contributed by atoms with Crippen LogP contribution in [0.25, 0.3) is 11.2 Å². The molecule has 0 bridgehead atoms. The Labute approximate surface area is 208 Å². The lowest BCUT2D eigenvalue weighted by Gasteiger charge is -2.44. The minimum absolute atomic E-state index is 0.126. The third kappa shape index (κ3) is 4.33. The van der Waals surface area contributed by atoms with Crippen molar-refractivity contribution in [1.82, 2.24) is 28.5 Å². The van der Waals surface area contributed by atoms with E-state index >= 15 is 0 Å². The number of fused-ring (bicyclic) bond motifs is 1. The zero-order valence-electron chi connectivity index (χ0n) is 20.1. The van der Waals surface area contributed by atoms with Gasteiger partial charge >= 0.3 is 5.69 Å². The van der Waals surface area contributed by atoms with Gasteiger partial charge in [-0.2, -0.15) is 0 Å². The number of imidazole rings is 1. The molecule has 8 nitrogen and oxygen atoms in total. The summed E-state index contributed by atoms with van der Waals surface area (Å²) in [7, 11) is 3.14. The van der Waals surface area contributed by atoms with E-state index in [2.05, 4.69) is 58.1 Å². The van der Waals surface area contributed by atoms with Crippen LogP contribution in [0.1, 0.15) is 24.1 Å². The molecule has 0 radical (unpaired) electrons. The van der Waals surface area contributed by atoms with Gasteiger partial charge < -0.3 is 4.57 Å². The van der Waals surface area contributed by atoms with Gasteiger partial charge in [0, 0.05) is 44.8 Å². The van der Waals surface area contributed by atoms with E-state index in [1.54, 1.807) is 13.4 Å². The quantitative estimate of drug-likeness (QED) is 0.428. The molecule has 2 aromatic heterocycles. The number of piperazine rings is 1. The molecule has 0 N–H and O–H groups in total. The van der Waals surface area contributed by atoms with E-state index in [4.69, 9.17) is 11.6 Å². The maximum absolute atomic E-state index is 12.8. The van der Waals surface area contributed by atoms with Crippen molar-refractivity contribution in [3.05, 3.63) is 97.9 Å². The van der Waals surface area contributed by atoms with Gasteiger partial charge in [-0.25, -0.2) is 9.78 Å². The van der Waals surface area contributed by atoms with Gasteiger partial charge in [0.2, 0.25) is 0 Å². The van der Waals surface area contributed by atoms with Crippen molar-refractivity contribution in [2.75, 3.05) is 19.6 Å². The molecule has 2 aromatic carbocycles. The van der Waals surface area contributed by atoms with Crippen LogP contribution >= 0.6 is 11.6 Å². The van der Waals surface area contributed by atoms with E-state index in [-0.39, 0.29) is 23.3 Å². The van der Waals surface area contributed by atoms with Crippen LogP contribution in [-0.2, 0) is 20.8 Å². The predicted molar refractivity (Wildman–Crippen MR) is 138 cm³/mol. The summed E-state index contributed by atoms with van der Waals surface area (Å²) in [5.41, 5.74) is 2.64. The molecule has 1 aliphatic rings. The predicted octanol–water partition coefficient (Wildman–Crippen LogP) is 2.84. The normalized spacial score (nSPS) is 18.2. The molecule has 0 spiro atoms. The molecule has 3 heterocycles. The zero-order chi connectivity index (χ0) is 24.7. The van der Waals surface area contributed by atoms with Gasteiger partial charge in [-0.05, 0) is 30.2 Å². The van der Waals surface area contributed by atoms with Crippen LogP contribution in [0.5, 0.6) is 0 Å². The monoisotopic (exact) mass is 492 g/mol. The Morgan fingerprint density at radius 1 is 0.971 bits per heavy atom. The Kier molecular flexibility index (Phi) is 6.35. The van der Waals surface area contributed by atoms with Crippen LogP contribution in [0.15, 0.2) is 70.5 Å². The Hall–Kier alpha value is -3.20. The Morgan fingerprint density at radius 3 is 2.34 bits per heavy atom. The second-order valence-corrected chi connectivity index (χ2v) is 9.70. The van der Waals surface area contributed by atoms with Gasteiger partial charge in [0.1, 0.15) is 0 Å². The average Bonchev–Trinajstić information content (AvgIpc) is 3.28. The molecule has 9 heteroatoms. The number of aryl methyl sites for hydroxylation is 1. The first-order valence-electron chi connectivity index (χ1n) is 11.7. The van der Waals surface area contributed by atoms with Crippen LogP contribution in [0.3, 0.4) is 0 Å². The number of rotatable bonds is 5. The van der Waals surface area contributed by atoms with Crippen molar-refractivity contribution in [2.45, 2.75) is 25.7 Å². The van der Waals surface area contributed by atoms with Gasteiger partial charge in [0.25, 0.3) is 5.56 Å². The molecule has 182 valence electrons. The first-order valence-corrected chi connectivity index (χ1v) is 12.1. The summed E-state index contributed by atoms with van der Waals surface area (Å²) in [6.45, 7) is 5.33. The van der Waals surface area contributed by atoms with E-state index in [9.17, 15) is 9.59 Å². The third-order valence-corrected chi connectivity index (χ3v) is 7.22. The van der Waals surface area contributed by atoms with Crippen LogP contribution in [0.4, 0.5) is 0 Å². The molecule has 2 atom stereocenters. The fraction of sp³-hybridized carbons (Fsp3) is 0.346. The summed E-state index contributed by atoms with van der Waals surface area (Å²) >= 11 is 6.17. The van der Waals surface area contributed by atoms with Gasteiger partial charge in [-0.3, -0.25) is 23.7 Å². The van der Waals surface area contributed by atoms with Crippen LogP contribution in [0, 0.1) is 0 Å².